The normalized spacial score (nSPS) is 15.2. The summed E-state index contributed by atoms with van der Waals surface area (Å²) >= 11 is 6.07. The molecule has 3 nitrogen and oxygen atoms in total. The van der Waals surface area contributed by atoms with Crippen molar-refractivity contribution in [1.29, 1.82) is 0 Å². The third-order valence-corrected chi connectivity index (χ3v) is 4.73. The largest absolute Gasteiger partial charge is 0.480 e. The number of hydrogen-bond donors (Lipinski definition) is 0. The fraction of sp³-hybridized carbons (Fsp3) is 0.136. The van der Waals surface area contributed by atoms with E-state index < -0.39 is 6.10 Å². The van der Waals surface area contributed by atoms with Crippen LogP contribution in [0.2, 0.25) is 5.02 Å². The number of ether oxygens (including phenoxy) is 1. The molecular weight excluding hydrogens is 346 g/mol. The minimum absolute atomic E-state index is 0.0487. The summed E-state index contributed by atoms with van der Waals surface area (Å²) in [7, 11) is 0. The molecular formula is C22H18ClNO2. The van der Waals surface area contributed by atoms with Gasteiger partial charge in [0.05, 0.1) is 6.54 Å². The molecule has 1 unspecified atom stereocenters. The third kappa shape index (κ3) is 3.44. The average molecular weight is 364 g/mol. The maximum atomic E-state index is 13.3. The van der Waals surface area contributed by atoms with Crippen molar-refractivity contribution >= 4 is 23.2 Å². The van der Waals surface area contributed by atoms with Crippen molar-refractivity contribution in [3.63, 3.8) is 0 Å². The summed E-state index contributed by atoms with van der Waals surface area (Å²) in [4.78, 5) is 15.1. The molecule has 0 bridgehead atoms. The Morgan fingerprint density at radius 2 is 1.69 bits per heavy atom. The fourth-order valence-corrected chi connectivity index (χ4v) is 3.39. The molecule has 26 heavy (non-hydrogen) atoms. The fourth-order valence-electron chi connectivity index (χ4n) is 3.20. The second kappa shape index (κ2) is 7.22. The van der Waals surface area contributed by atoms with Crippen molar-refractivity contribution in [1.82, 2.24) is 0 Å². The molecule has 0 radical (unpaired) electrons. The van der Waals surface area contributed by atoms with E-state index in [1.807, 2.05) is 72.8 Å². The summed E-state index contributed by atoms with van der Waals surface area (Å²) in [5, 5.41) is 0.657. The summed E-state index contributed by atoms with van der Waals surface area (Å²) in [5.74, 6) is 0.688. The van der Waals surface area contributed by atoms with Gasteiger partial charge in [-0.05, 0) is 41.5 Å². The second-order valence-corrected chi connectivity index (χ2v) is 6.74. The molecule has 0 saturated heterocycles. The molecule has 0 spiro atoms. The maximum absolute atomic E-state index is 13.3. The van der Waals surface area contributed by atoms with Gasteiger partial charge < -0.3 is 9.64 Å². The highest BCUT2D eigenvalue weighted by Crippen LogP contribution is 2.32. The zero-order valence-corrected chi connectivity index (χ0v) is 14.9. The lowest BCUT2D eigenvalue weighted by Crippen LogP contribution is -2.41. The summed E-state index contributed by atoms with van der Waals surface area (Å²) in [6.07, 6.45) is -0.000255. The van der Waals surface area contributed by atoms with Gasteiger partial charge in [0.15, 0.2) is 6.10 Å². The first-order valence-corrected chi connectivity index (χ1v) is 8.94. The number of carbonyl (C=O) groups excluding carboxylic acids is 1. The SMILES string of the molecule is O=C(C1Cc2cc(Cl)ccc2O1)N(Cc1ccccc1)c1ccccc1. The molecule has 4 rings (SSSR count). The zero-order valence-electron chi connectivity index (χ0n) is 14.1. The third-order valence-electron chi connectivity index (χ3n) is 4.49. The predicted molar refractivity (Wildman–Crippen MR) is 104 cm³/mol. The number of benzene rings is 3. The summed E-state index contributed by atoms with van der Waals surface area (Å²) in [6, 6.07) is 25.2. The van der Waals surface area contributed by atoms with Gasteiger partial charge in [0.1, 0.15) is 5.75 Å². The van der Waals surface area contributed by atoms with Crippen LogP contribution in [-0.2, 0) is 17.8 Å². The van der Waals surface area contributed by atoms with Crippen LogP contribution in [-0.4, -0.2) is 12.0 Å². The Kier molecular flexibility index (Phi) is 4.63. The van der Waals surface area contributed by atoms with Gasteiger partial charge in [0, 0.05) is 17.1 Å². The van der Waals surface area contributed by atoms with Gasteiger partial charge in [-0.1, -0.05) is 60.1 Å². The number of amides is 1. The molecule has 1 atom stereocenters. The minimum atomic E-state index is -0.535. The second-order valence-electron chi connectivity index (χ2n) is 6.31. The molecule has 1 heterocycles. The average Bonchev–Trinajstić information content (AvgIpc) is 3.10. The maximum Gasteiger partial charge on any atom is 0.268 e. The Morgan fingerprint density at radius 3 is 2.42 bits per heavy atom. The van der Waals surface area contributed by atoms with Crippen LogP contribution in [0.5, 0.6) is 5.75 Å². The van der Waals surface area contributed by atoms with Gasteiger partial charge in [-0.25, -0.2) is 0 Å². The Balaban J connectivity index is 1.61. The Labute approximate surface area is 157 Å². The standard InChI is InChI=1S/C22H18ClNO2/c23-18-11-12-20-17(13-18)14-21(26-20)22(25)24(19-9-5-2-6-10-19)15-16-7-3-1-4-8-16/h1-13,21H,14-15H2. The molecule has 0 N–H and O–H groups in total. The molecule has 3 aromatic rings. The number of carbonyl (C=O) groups is 1. The van der Waals surface area contributed by atoms with E-state index in [1.165, 1.54) is 0 Å². The molecule has 0 aliphatic carbocycles. The van der Waals surface area contributed by atoms with Crippen LogP contribution in [0.1, 0.15) is 11.1 Å². The van der Waals surface area contributed by atoms with Gasteiger partial charge in [-0.2, -0.15) is 0 Å². The smallest absolute Gasteiger partial charge is 0.268 e. The van der Waals surface area contributed by atoms with E-state index in [-0.39, 0.29) is 5.91 Å². The summed E-state index contributed by atoms with van der Waals surface area (Å²) < 4.78 is 5.91. The monoisotopic (exact) mass is 363 g/mol. The minimum Gasteiger partial charge on any atom is -0.480 e. The van der Waals surface area contributed by atoms with Crippen molar-refractivity contribution in [3.8, 4) is 5.75 Å². The topological polar surface area (TPSA) is 29.5 Å². The predicted octanol–water partition coefficient (Wildman–Crippen LogP) is 4.88. The Morgan fingerprint density at radius 1 is 1.00 bits per heavy atom. The number of hydrogen-bond acceptors (Lipinski definition) is 2. The van der Waals surface area contributed by atoms with Crippen LogP contribution in [0.4, 0.5) is 5.69 Å². The molecule has 0 saturated carbocycles. The van der Waals surface area contributed by atoms with Crippen LogP contribution in [0.3, 0.4) is 0 Å². The highest BCUT2D eigenvalue weighted by Gasteiger charge is 2.33. The van der Waals surface area contributed by atoms with Crippen LogP contribution < -0.4 is 9.64 Å². The first-order chi connectivity index (χ1) is 12.7. The van der Waals surface area contributed by atoms with E-state index in [2.05, 4.69) is 0 Å². The number of para-hydroxylation sites is 1. The van der Waals surface area contributed by atoms with Crippen molar-refractivity contribution in [2.24, 2.45) is 0 Å². The number of fused-ring (bicyclic) bond motifs is 1. The molecule has 3 aromatic carbocycles. The molecule has 0 aromatic heterocycles. The highest BCUT2D eigenvalue weighted by molar-refractivity contribution is 6.30. The van der Waals surface area contributed by atoms with Gasteiger partial charge in [-0.3, -0.25) is 4.79 Å². The van der Waals surface area contributed by atoms with Gasteiger partial charge in [0.2, 0.25) is 0 Å². The van der Waals surface area contributed by atoms with E-state index in [0.717, 1.165) is 22.6 Å². The molecule has 4 heteroatoms. The molecule has 1 aliphatic heterocycles. The van der Waals surface area contributed by atoms with E-state index >= 15 is 0 Å². The van der Waals surface area contributed by atoms with Gasteiger partial charge in [0.25, 0.3) is 5.91 Å². The molecule has 130 valence electrons. The van der Waals surface area contributed by atoms with Gasteiger partial charge >= 0.3 is 0 Å². The lowest BCUT2D eigenvalue weighted by Gasteiger charge is -2.25. The van der Waals surface area contributed by atoms with Gasteiger partial charge in [-0.15, -0.1) is 0 Å². The summed E-state index contributed by atoms with van der Waals surface area (Å²) in [6.45, 7) is 0.501. The number of halogens is 1. The van der Waals surface area contributed by atoms with E-state index in [9.17, 15) is 4.79 Å². The molecule has 1 amide bonds. The van der Waals surface area contributed by atoms with E-state index in [1.54, 1.807) is 11.0 Å². The highest BCUT2D eigenvalue weighted by atomic mass is 35.5. The van der Waals surface area contributed by atoms with Crippen LogP contribution in [0.15, 0.2) is 78.9 Å². The number of anilines is 1. The van der Waals surface area contributed by atoms with Crippen molar-refractivity contribution in [3.05, 3.63) is 95.0 Å². The Bertz CT molecular complexity index is 912. The molecule has 0 fully saturated rings. The lowest BCUT2D eigenvalue weighted by atomic mass is 10.1. The molecule has 1 aliphatic rings. The first-order valence-electron chi connectivity index (χ1n) is 8.56. The van der Waals surface area contributed by atoms with Crippen molar-refractivity contribution in [2.45, 2.75) is 19.1 Å². The van der Waals surface area contributed by atoms with Crippen LogP contribution in [0.25, 0.3) is 0 Å². The van der Waals surface area contributed by atoms with E-state index in [4.69, 9.17) is 16.3 Å². The zero-order chi connectivity index (χ0) is 17.9. The summed E-state index contributed by atoms with van der Waals surface area (Å²) in [5.41, 5.74) is 2.91. The van der Waals surface area contributed by atoms with Crippen LogP contribution >= 0.6 is 11.6 Å². The Hall–Kier alpha value is -2.78. The first kappa shape index (κ1) is 16.7. The quantitative estimate of drug-likeness (QED) is 0.661. The van der Waals surface area contributed by atoms with Crippen molar-refractivity contribution in [2.75, 3.05) is 4.90 Å². The lowest BCUT2D eigenvalue weighted by molar-refractivity contribution is -0.124. The van der Waals surface area contributed by atoms with E-state index in [0.29, 0.717) is 18.0 Å². The number of nitrogens with zero attached hydrogens (tertiary/aromatic N) is 1. The van der Waals surface area contributed by atoms with Crippen molar-refractivity contribution < 1.29 is 9.53 Å². The van der Waals surface area contributed by atoms with Crippen LogP contribution in [0, 0.1) is 0 Å². The number of rotatable bonds is 4.